The minimum atomic E-state index is -2.41. The number of aliphatic hydroxyl groups is 3. The van der Waals surface area contributed by atoms with Gasteiger partial charge in [-0.2, -0.15) is 0 Å². The average Bonchev–Trinajstić information content (AvgIpc) is 3.14. The third-order valence-electron chi connectivity index (χ3n) is 12.5. The molecule has 0 spiro atoms. The van der Waals surface area contributed by atoms with E-state index in [0.717, 1.165) is 11.8 Å². The zero-order valence-electron chi connectivity index (χ0n) is 36.9. The maximum Gasteiger partial charge on any atom is 0.410 e. The van der Waals surface area contributed by atoms with Crippen molar-refractivity contribution in [3.8, 4) is 0 Å². The number of ketones is 1. The number of nitrogens with one attached hydrogen (secondary N) is 1. The van der Waals surface area contributed by atoms with Crippen LogP contribution < -0.4 is 5.32 Å². The third-order valence-corrected chi connectivity index (χ3v) is 12.5. The molecular formula is C44H60N2O15. The monoisotopic (exact) mass is 856 g/mol. The number of carbonyl (C=O) groups excluding carboxylic acids is 6. The van der Waals surface area contributed by atoms with Crippen LogP contribution in [0.15, 0.2) is 53.1 Å². The van der Waals surface area contributed by atoms with Crippen LogP contribution in [0.4, 0.5) is 9.59 Å². The SMILES string of the molecule is CC(=O)O[C@@]12CO[C@@H]1C[C@H](O)[C@@]1(C)C(=O)[C@H](OC(=O)N(C)C)C3=C(C)[C@@H](OC(=O)[C@H](O)[C@H](C=C(C)C)NC(=O)OC(C)(C)C)C[C@@](O)(C(OC(=O)c4ccccc4)C12)C3(C)C. The first kappa shape index (κ1) is 47.2. The van der Waals surface area contributed by atoms with Gasteiger partial charge in [0.15, 0.2) is 23.6 Å². The number of hydrogen-bond acceptors (Lipinski definition) is 15. The lowest BCUT2D eigenvalue weighted by Crippen LogP contribution is -2.82. The van der Waals surface area contributed by atoms with E-state index >= 15 is 4.79 Å². The van der Waals surface area contributed by atoms with Crippen molar-refractivity contribution < 1.29 is 72.5 Å². The van der Waals surface area contributed by atoms with Crippen molar-refractivity contribution in [3.63, 3.8) is 0 Å². The topological polar surface area (TPSA) is 234 Å². The Hall–Kier alpha value is -4.84. The molecule has 2 saturated carbocycles. The number of aliphatic hydroxyl groups excluding tert-OH is 2. The van der Waals surface area contributed by atoms with Gasteiger partial charge in [-0.15, -0.1) is 0 Å². The molecule has 0 aromatic heterocycles. The summed E-state index contributed by atoms with van der Waals surface area (Å²) in [7, 11) is 2.79. The van der Waals surface area contributed by atoms with E-state index in [1.165, 1.54) is 46.2 Å². The van der Waals surface area contributed by atoms with Gasteiger partial charge >= 0.3 is 30.1 Å². The fraction of sp³-hybridized carbons (Fsp3) is 0.636. The molecule has 3 aliphatic carbocycles. The predicted molar refractivity (Wildman–Crippen MR) is 216 cm³/mol. The Morgan fingerprint density at radius 3 is 2.15 bits per heavy atom. The van der Waals surface area contributed by atoms with Crippen LogP contribution in [0, 0.1) is 16.7 Å². The highest BCUT2D eigenvalue weighted by molar-refractivity contribution is 5.95. The number of nitrogens with zero attached hydrogens (tertiary/aromatic N) is 1. The Morgan fingerprint density at radius 2 is 1.62 bits per heavy atom. The molecule has 4 N–H and O–H groups in total. The van der Waals surface area contributed by atoms with E-state index in [0.29, 0.717) is 5.57 Å². The maximum absolute atomic E-state index is 15.6. The van der Waals surface area contributed by atoms with Gasteiger partial charge in [-0.25, -0.2) is 19.2 Å². The molecule has 336 valence electrons. The van der Waals surface area contributed by atoms with Crippen molar-refractivity contribution in [2.24, 2.45) is 16.7 Å². The van der Waals surface area contributed by atoms with Crippen LogP contribution in [-0.4, -0.2) is 136 Å². The zero-order valence-corrected chi connectivity index (χ0v) is 36.9. The fourth-order valence-corrected chi connectivity index (χ4v) is 9.43. The number of Topliss-reactive ketones (excluding diaryl/α,β-unsaturated/α-hetero) is 1. The van der Waals surface area contributed by atoms with Crippen LogP contribution in [0.25, 0.3) is 0 Å². The zero-order chi connectivity index (χ0) is 45.8. The number of fused-ring (bicyclic) bond motifs is 5. The van der Waals surface area contributed by atoms with Crippen molar-refractivity contribution in [1.29, 1.82) is 0 Å². The first-order valence-corrected chi connectivity index (χ1v) is 20.3. The van der Waals surface area contributed by atoms with Crippen LogP contribution in [0.3, 0.4) is 0 Å². The Bertz CT molecular complexity index is 1980. The number of hydrogen-bond donors (Lipinski definition) is 4. The van der Waals surface area contributed by atoms with E-state index in [4.69, 9.17) is 28.4 Å². The largest absolute Gasteiger partial charge is 0.456 e. The number of carbonyl (C=O) groups is 6. The van der Waals surface area contributed by atoms with Crippen molar-refractivity contribution >= 4 is 35.9 Å². The van der Waals surface area contributed by atoms with Crippen LogP contribution in [0.5, 0.6) is 0 Å². The normalized spacial score (nSPS) is 32.4. The molecule has 1 aromatic rings. The molecule has 1 aromatic carbocycles. The van der Waals surface area contributed by atoms with E-state index < -0.39 is 119 Å². The summed E-state index contributed by atoms with van der Waals surface area (Å²) in [6.07, 6.45) is -11.1. The van der Waals surface area contributed by atoms with Crippen LogP contribution >= 0.6 is 0 Å². The second-order valence-corrected chi connectivity index (χ2v) is 18.7. The Morgan fingerprint density at radius 1 is 1.00 bits per heavy atom. The Kier molecular flexibility index (Phi) is 13.0. The van der Waals surface area contributed by atoms with Crippen molar-refractivity contribution in [2.45, 2.75) is 142 Å². The van der Waals surface area contributed by atoms with Gasteiger partial charge in [0.25, 0.3) is 0 Å². The first-order valence-electron chi connectivity index (χ1n) is 20.3. The molecule has 17 heteroatoms. The number of ether oxygens (including phenoxy) is 6. The fourth-order valence-electron chi connectivity index (χ4n) is 9.43. The molecule has 11 atom stereocenters. The molecule has 1 heterocycles. The summed E-state index contributed by atoms with van der Waals surface area (Å²) in [4.78, 5) is 84.4. The van der Waals surface area contributed by atoms with Crippen molar-refractivity contribution in [3.05, 3.63) is 58.7 Å². The molecule has 2 bridgehead atoms. The lowest BCUT2D eigenvalue weighted by Gasteiger charge is -2.67. The number of rotatable bonds is 9. The molecule has 2 amide bonds. The molecule has 2 unspecified atom stereocenters. The number of allylic oxidation sites excluding steroid dienone is 1. The number of alkyl carbamates (subject to hydrolysis) is 1. The summed E-state index contributed by atoms with van der Waals surface area (Å²) in [6.45, 7) is 15.1. The van der Waals surface area contributed by atoms with Gasteiger partial charge in [0.05, 0.1) is 35.6 Å². The summed E-state index contributed by atoms with van der Waals surface area (Å²) in [5.74, 6) is -5.43. The second kappa shape index (κ2) is 16.8. The molecule has 3 fully saturated rings. The van der Waals surface area contributed by atoms with E-state index in [1.54, 1.807) is 66.7 Å². The molecule has 1 aliphatic heterocycles. The standard InChI is InChI=1S/C44H60N2O15/c1-22(2)18-26(45-38(53)61-40(5,6)7)31(49)37(52)57-27-20-44(55)35(59-36(51)25-16-14-13-15-17-25)33-42(10,28(48)19-29-43(33,21-56-29)60-24(4)47)34(50)32(58-39(54)46(11)12)30(23(27)3)41(44,8)9/h13-18,26-29,31-33,35,48-49,55H,19-21H2,1-12H3,(H,45,53)/t26-,27-,28-,29+,31+,32+,33?,35?,42+,43-,44+/m0/s1. The third kappa shape index (κ3) is 8.53. The van der Waals surface area contributed by atoms with Gasteiger partial charge in [-0.1, -0.05) is 43.7 Å². The molecule has 4 aliphatic rings. The summed E-state index contributed by atoms with van der Waals surface area (Å²) in [5, 5.41) is 39.7. The Balaban J connectivity index is 1.76. The minimum absolute atomic E-state index is 0.0253. The Labute approximate surface area is 355 Å². The summed E-state index contributed by atoms with van der Waals surface area (Å²) in [5.41, 5.74) is -8.06. The van der Waals surface area contributed by atoms with E-state index in [1.807, 2.05) is 0 Å². The number of benzene rings is 1. The van der Waals surface area contributed by atoms with Gasteiger partial charge in [0, 0.05) is 39.3 Å². The van der Waals surface area contributed by atoms with Gasteiger partial charge < -0.3 is 54.0 Å². The summed E-state index contributed by atoms with van der Waals surface area (Å²) < 4.78 is 35.7. The minimum Gasteiger partial charge on any atom is -0.456 e. The quantitative estimate of drug-likeness (QED) is 0.158. The molecule has 5 rings (SSSR count). The van der Waals surface area contributed by atoms with E-state index in [-0.39, 0.29) is 29.7 Å². The maximum atomic E-state index is 15.6. The molecule has 61 heavy (non-hydrogen) atoms. The molecule has 17 nitrogen and oxygen atoms in total. The molecular weight excluding hydrogens is 796 g/mol. The van der Waals surface area contributed by atoms with Gasteiger partial charge in [-0.3, -0.25) is 9.59 Å². The van der Waals surface area contributed by atoms with Gasteiger partial charge in [-0.05, 0) is 71.7 Å². The second-order valence-electron chi connectivity index (χ2n) is 18.7. The predicted octanol–water partition coefficient (Wildman–Crippen LogP) is 3.56. The van der Waals surface area contributed by atoms with Crippen molar-refractivity contribution in [1.82, 2.24) is 10.2 Å². The van der Waals surface area contributed by atoms with E-state index in [9.17, 15) is 39.3 Å². The lowest BCUT2D eigenvalue weighted by atomic mass is 9.44. The smallest absolute Gasteiger partial charge is 0.410 e. The van der Waals surface area contributed by atoms with Crippen LogP contribution in [-0.2, 0) is 42.8 Å². The highest BCUT2D eigenvalue weighted by Crippen LogP contribution is 2.64. The molecule has 1 saturated heterocycles. The highest BCUT2D eigenvalue weighted by Gasteiger charge is 2.78. The highest BCUT2D eigenvalue weighted by atomic mass is 16.6. The average molecular weight is 857 g/mol. The molecule has 0 radical (unpaired) electrons. The number of esters is 3. The number of amides is 2. The summed E-state index contributed by atoms with van der Waals surface area (Å²) in [6, 6.07) is 6.47. The van der Waals surface area contributed by atoms with Gasteiger partial charge in [0.2, 0.25) is 0 Å². The van der Waals surface area contributed by atoms with E-state index in [2.05, 4.69) is 5.32 Å². The van der Waals surface area contributed by atoms with Gasteiger partial charge in [0.1, 0.15) is 29.5 Å². The lowest BCUT2D eigenvalue weighted by molar-refractivity contribution is -0.345. The van der Waals surface area contributed by atoms with Crippen LogP contribution in [0.1, 0.15) is 92.4 Å². The summed E-state index contributed by atoms with van der Waals surface area (Å²) >= 11 is 0. The van der Waals surface area contributed by atoms with Crippen LogP contribution in [0.2, 0.25) is 0 Å². The van der Waals surface area contributed by atoms with Crippen molar-refractivity contribution in [2.75, 3.05) is 20.7 Å². The first-order chi connectivity index (χ1) is 28.1.